The maximum atomic E-state index is 11.6. The zero-order chi connectivity index (χ0) is 12.3. The van der Waals surface area contributed by atoms with E-state index >= 15 is 0 Å². The van der Waals surface area contributed by atoms with Gasteiger partial charge in [0.2, 0.25) is 10.0 Å². The van der Waals surface area contributed by atoms with Crippen LogP contribution in [0.1, 0.15) is 6.92 Å². The summed E-state index contributed by atoms with van der Waals surface area (Å²) in [5.41, 5.74) is -1.81. The molecule has 8 nitrogen and oxygen atoms in total. The second kappa shape index (κ2) is 4.60. The first-order valence-corrected chi connectivity index (χ1v) is 5.80. The van der Waals surface area contributed by atoms with Crippen molar-refractivity contribution in [2.75, 3.05) is 6.61 Å². The smallest absolute Gasteiger partial charge is 0.325 e. The van der Waals surface area contributed by atoms with E-state index in [0.29, 0.717) is 0 Å². The lowest BCUT2D eigenvalue weighted by molar-refractivity contribution is 0.265. The minimum absolute atomic E-state index is 0.402. The fraction of sp³-hybridized carbons (Fsp3) is 0.429. The molecule has 0 spiro atoms. The van der Waals surface area contributed by atoms with E-state index in [1.807, 2.05) is 4.98 Å². The summed E-state index contributed by atoms with van der Waals surface area (Å²) < 4.78 is 25.2. The first-order chi connectivity index (χ1) is 7.36. The molecule has 0 bridgehead atoms. The molecule has 0 aliphatic carbocycles. The number of rotatable bonds is 4. The highest BCUT2D eigenvalue weighted by Crippen LogP contribution is 1.99. The molecule has 0 fully saturated rings. The van der Waals surface area contributed by atoms with E-state index in [1.54, 1.807) is 4.98 Å². The van der Waals surface area contributed by atoms with Crippen molar-refractivity contribution in [3.05, 3.63) is 27.0 Å². The van der Waals surface area contributed by atoms with Crippen LogP contribution in [-0.2, 0) is 10.0 Å². The van der Waals surface area contributed by atoms with Crippen molar-refractivity contribution >= 4 is 10.0 Å². The third kappa shape index (κ3) is 2.78. The molecule has 0 amide bonds. The van der Waals surface area contributed by atoms with Gasteiger partial charge in [0.15, 0.2) is 4.90 Å². The molecule has 1 aromatic heterocycles. The lowest BCUT2D eigenvalue weighted by atomic mass is 10.4. The summed E-state index contributed by atoms with van der Waals surface area (Å²) >= 11 is 0. The van der Waals surface area contributed by atoms with Gasteiger partial charge in [-0.1, -0.05) is 0 Å². The molecule has 4 N–H and O–H groups in total. The molecule has 0 saturated carbocycles. The van der Waals surface area contributed by atoms with Crippen molar-refractivity contribution < 1.29 is 13.5 Å². The molecule has 1 rings (SSSR count). The lowest BCUT2D eigenvalue weighted by Gasteiger charge is -2.10. The van der Waals surface area contributed by atoms with Crippen LogP contribution < -0.4 is 16.0 Å². The van der Waals surface area contributed by atoms with Gasteiger partial charge in [0, 0.05) is 12.2 Å². The van der Waals surface area contributed by atoms with Crippen molar-refractivity contribution in [3.8, 4) is 0 Å². The number of aliphatic hydroxyl groups excluding tert-OH is 1. The molecule has 0 unspecified atom stereocenters. The van der Waals surface area contributed by atoms with Crippen LogP contribution in [0.3, 0.4) is 0 Å². The van der Waals surface area contributed by atoms with Crippen LogP contribution >= 0.6 is 0 Å². The maximum absolute atomic E-state index is 11.6. The Labute approximate surface area is 90.4 Å². The average molecular weight is 249 g/mol. The average Bonchev–Trinajstić information content (AvgIpc) is 2.16. The number of hydrogen-bond donors (Lipinski definition) is 4. The standard InChI is InChI=1S/C7H11N3O5S/c1-4(3-11)10-16(14,15)5-2-8-7(13)9-6(5)12/h2,4,10-11H,3H2,1H3,(H2,8,9,12,13)/t4-/m1/s1. The van der Waals surface area contributed by atoms with Crippen molar-refractivity contribution in [1.82, 2.24) is 14.7 Å². The summed E-state index contributed by atoms with van der Waals surface area (Å²) in [5, 5.41) is 8.69. The largest absolute Gasteiger partial charge is 0.395 e. The van der Waals surface area contributed by atoms with E-state index < -0.39 is 38.8 Å². The van der Waals surface area contributed by atoms with E-state index in [9.17, 15) is 18.0 Å². The molecule has 90 valence electrons. The predicted molar refractivity (Wildman–Crippen MR) is 54.6 cm³/mol. The molecule has 9 heteroatoms. The molecule has 0 saturated heterocycles. The van der Waals surface area contributed by atoms with Crippen molar-refractivity contribution in [2.45, 2.75) is 17.9 Å². The molecule has 1 atom stereocenters. The van der Waals surface area contributed by atoms with Crippen molar-refractivity contribution in [2.24, 2.45) is 0 Å². The van der Waals surface area contributed by atoms with Crippen molar-refractivity contribution in [1.29, 1.82) is 0 Å². The summed E-state index contributed by atoms with van der Waals surface area (Å²) in [6, 6.07) is -0.726. The Bertz CT molecular complexity index is 572. The Morgan fingerprint density at radius 2 is 2.12 bits per heavy atom. The first kappa shape index (κ1) is 12.6. The fourth-order valence-electron chi connectivity index (χ4n) is 0.963. The van der Waals surface area contributed by atoms with Crippen LogP contribution in [-0.4, -0.2) is 36.1 Å². The highest BCUT2D eigenvalue weighted by Gasteiger charge is 2.20. The van der Waals surface area contributed by atoms with Crippen LogP contribution in [0.15, 0.2) is 20.7 Å². The summed E-state index contributed by atoms with van der Waals surface area (Å²) in [6.07, 6.45) is 0.799. The minimum Gasteiger partial charge on any atom is -0.395 e. The quantitative estimate of drug-likeness (QED) is 0.477. The highest BCUT2D eigenvalue weighted by atomic mass is 32.2. The maximum Gasteiger partial charge on any atom is 0.325 e. The Kier molecular flexibility index (Phi) is 3.62. The number of aliphatic hydroxyl groups is 1. The second-order valence-electron chi connectivity index (χ2n) is 3.14. The SMILES string of the molecule is C[C@H](CO)NS(=O)(=O)c1c[nH]c(=O)[nH]c1=O. The molecule has 16 heavy (non-hydrogen) atoms. The Balaban J connectivity index is 3.18. The van der Waals surface area contributed by atoms with E-state index in [4.69, 9.17) is 5.11 Å². The van der Waals surface area contributed by atoms with Crippen LogP contribution in [0, 0.1) is 0 Å². The van der Waals surface area contributed by atoms with Gasteiger partial charge in [0.1, 0.15) is 0 Å². The van der Waals surface area contributed by atoms with Crippen LogP contribution in [0.4, 0.5) is 0 Å². The third-order valence-corrected chi connectivity index (χ3v) is 3.30. The van der Waals surface area contributed by atoms with Gasteiger partial charge in [-0.25, -0.2) is 17.9 Å². The van der Waals surface area contributed by atoms with Gasteiger partial charge in [0.05, 0.1) is 6.61 Å². The number of hydrogen-bond acceptors (Lipinski definition) is 5. The molecular weight excluding hydrogens is 238 g/mol. The molecule has 0 aliphatic heterocycles. The Morgan fingerprint density at radius 3 is 2.62 bits per heavy atom. The van der Waals surface area contributed by atoms with Crippen LogP contribution in [0.25, 0.3) is 0 Å². The van der Waals surface area contributed by atoms with Gasteiger partial charge >= 0.3 is 5.69 Å². The van der Waals surface area contributed by atoms with Crippen molar-refractivity contribution in [3.63, 3.8) is 0 Å². The summed E-state index contributed by atoms with van der Waals surface area (Å²) in [6.45, 7) is 1.03. The van der Waals surface area contributed by atoms with E-state index in [1.165, 1.54) is 6.92 Å². The molecular formula is C7H11N3O5S. The lowest BCUT2D eigenvalue weighted by Crippen LogP contribution is -2.39. The summed E-state index contributed by atoms with van der Waals surface area (Å²) in [5.74, 6) is 0. The number of aromatic amines is 2. The Hall–Kier alpha value is -1.45. The summed E-state index contributed by atoms with van der Waals surface area (Å²) in [7, 11) is -4.04. The van der Waals surface area contributed by atoms with Gasteiger partial charge in [-0.2, -0.15) is 0 Å². The fourth-order valence-corrected chi connectivity index (χ4v) is 2.20. The normalized spacial score (nSPS) is 13.6. The monoisotopic (exact) mass is 249 g/mol. The van der Waals surface area contributed by atoms with Crippen LogP contribution in [0.5, 0.6) is 0 Å². The van der Waals surface area contributed by atoms with Crippen LogP contribution in [0.2, 0.25) is 0 Å². The topological polar surface area (TPSA) is 132 Å². The van der Waals surface area contributed by atoms with E-state index in [-0.39, 0.29) is 0 Å². The molecule has 1 heterocycles. The zero-order valence-corrected chi connectivity index (χ0v) is 9.17. The minimum atomic E-state index is -4.04. The van der Waals surface area contributed by atoms with E-state index in [0.717, 1.165) is 6.20 Å². The number of H-pyrrole nitrogens is 2. The summed E-state index contributed by atoms with van der Waals surface area (Å²) in [4.78, 5) is 25.1. The zero-order valence-electron chi connectivity index (χ0n) is 8.35. The third-order valence-electron chi connectivity index (χ3n) is 1.70. The van der Waals surface area contributed by atoms with E-state index in [2.05, 4.69) is 4.72 Å². The Morgan fingerprint density at radius 1 is 1.50 bits per heavy atom. The first-order valence-electron chi connectivity index (χ1n) is 4.32. The number of aromatic nitrogens is 2. The molecule has 0 radical (unpaired) electrons. The molecule has 0 aliphatic rings. The number of nitrogens with one attached hydrogen (secondary N) is 3. The van der Waals surface area contributed by atoms with Gasteiger partial charge in [-0.05, 0) is 6.92 Å². The van der Waals surface area contributed by atoms with Gasteiger partial charge < -0.3 is 10.1 Å². The molecule has 1 aromatic rings. The predicted octanol–water partition coefficient (Wildman–Crippen LogP) is -2.28. The highest BCUT2D eigenvalue weighted by molar-refractivity contribution is 7.89. The van der Waals surface area contributed by atoms with Gasteiger partial charge in [-0.3, -0.25) is 9.78 Å². The van der Waals surface area contributed by atoms with Gasteiger partial charge in [0.25, 0.3) is 5.56 Å². The number of sulfonamides is 1. The second-order valence-corrected chi connectivity index (χ2v) is 4.82. The molecule has 0 aromatic carbocycles. The van der Waals surface area contributed by atoms with Gasteiger partial charge in [-0.15, -0.1) is 0 Å².